The molecule has 3 aliphatic rings. The van der Waals surface area contributed by atoms with Gasteiger partial charge in [0.2, 0.25) is 5.95 Å². The van der Waals surface area contributed by atoms with E-state index in [2.05, 4.69) is 50.8 Å². The number of hydrogen-bond donors (Lipinski definition) is 2. The van der Waals surface area contributed by atoms with Crippen molar-refractivity contribution < 1.29 is 4.39 Å². The molecule has 198 valence electrons. The number of fused-ring (bicyclic) bond motifs is 1. The van der Waals surface area contributed by atoms with Gasteiger partial charge in [-0.3, -0.25) is 0 Å². The molecule has 1 saturated heterocycles. The van der Waals surface area contributed by atoms with E-state index in [1.54, 1.807) is 12.1 Å². The molecule has 2 N–H and O–H groups in total. The molecule has 0 amide bonds. The molecule has 8 heteroatoms. The molecular weight excluding hydrogens is 495 g/mol. The van der Waals surface area contributed by atoms with Crippen LogP contribution < -0.4 is 20.4 Å². The Balaban J connectivity index is 1.20. The van der Waals surface area contributed by atoms with Crippen LogP contribution in [-0.2, 0) is 18.5 Å². The van der Waals surface area contributed by atoms with Gasteiger partial charge in [-0.25, -0.2) is 4.39 Å². The lowest BCUT2D eigenvalue weighted by Gasteiger charge is -2.31. The predicted molar refractivity (Wildman–Crippen MR) is 155 cm³/mol. The zero-order valence-electron chi connectivity index (χ0n) is 21.8. The summed E-state index contributed by atoms with van der Waals surface area (Å²) < 4.78 is 13.6. The Hall–Kier alpha value is -3.26. The molecule has 0 bridgehead atoms. The molecule has 3 heterocycles. The maximum absolute atomic E-state index is 13.6. The molecule has 0 unspecified atom stereocenters. The van der Waals surface area contributed by atoms with Crippen LogP contribution in [-0.4, -0.2) is 34.7 Å². The third-order valence-corrected chi connectivity index (χ3v) is 8.62. The van der Waals surface area contributed by atoms with Crippen LogP contribution in [0.15, 0.2) is 54.6 Å². The van der Waals surface area contributed by atoms with Crippen LogP contribution in [0, 0.1) is 5.82 Å². The fraction of sp³-hybridized carbons (Fsp3) is 0.433. The molecule has 6 nitrogen and oxygen atoms in total. The lowest BCUT2D eigenvalue weighted by atomic mass is 9.79. The molecule has 2 aliphatic heterocycles. The van der Waals surface area contributed by atoms with Crippen LogP contribution >= 0.6 is 12.2 Å². The number of thiocarbonyl (C=S) groups is 1. The quantitative estimate of drug-likeness (QED) is 0.384. The molecule has 2 aromatic carbocycles. The van der Waals surface area contributed by atoms with Crippen LogP contribution in [0.2, 0.25) is 0 Å². The average Bonchev–Trinajstić information content (AvgIpc) is 3.61. The van der Waals surface area contributed by atoms with Crippen molar-refractivity contribution in [2.75, 3.05) is 34.8 Å². The third kappa shape index (κ3) is 5.32. The number of nitrogens with zero attached hydrogens (tertiary/aromatic N) is 4. The number of nitrogens with one attached hydrogen (secondary N) is 2. The van der Waals surface area contributed by atoms with Crippen LogP contribution in [0.4, 0.5) is 22.0 Å². The van der Waals surface area contributed by atoms with Gasteiger partial charge in [-0.1, -0.05) is 49.2 Å². The van der Waals surface area contributed by atoms with E-state index in [0.29, 0.717) is 17.6 Å². The van der Waals surface area contributed by atoms with E-state index in [1.807, 2.05) is 12.1 Å². The first-order valence-corrected chi connectivity index (χ1v) is 14.3. The van der Waals surface area contributed by atoms with E-state index in [0.717, 1.165) is 50.7 Å². The number of benzene rings is 2. The Morgan fingerprint density at radius 1 is 0.842 bits per heavy atom. The summed E-state index contributed by atoms with van der Waals surface area (Å²) in [6.07, 6.45) is 8.10. The molecule has 3 aromatic rings. The highest BCUT2D eigenvalue weighted by molar-refractivity contribution is 7.80. The van der Waals surface area contributed by atoms with Gasteiger partial charge < -0.3 is 20.4 Å². The summed E-state index contributed by atoms with van der Waals surface area (Å²) in [5.74, 6) is 2.20. The predicted octanol–water partition coefficient (Wildman–Crippen LogP) is 5.92. The molecule has 0 spiro atoms. The normalized spacial score (nSPS) is 18.3. The summed E-state index contributed by atoms with van der Waals surface area (Å²) in [7, 11) is 0. The Morgan fingerprint density at radius 2 is 1.47 bits per heavy atom. The zero-order chi connectivity index (χ0) is 26.0. The van der Waals surface area contributed by atoms with Crippen LogP contribution in [0.5, 0.6) is 0 Å². The van der Waals surface area contributed by atoms with Crippen LogP contribution in [0.1, 0.15) is 61.6 Å². The second-order valence-corrected chi connectivity index (χ2v) is 11.3. The Kier molecular flexibility index (Phi) is 7.15. The highest BCUT2D eigenvalue weighted by Crippen LogP contribution is 2.40. The Morgan fingerprint density at radius 3 is 2.13 bits per heavy atom. The van der Waals surface area contributed by atoms with Crippen molar-refractivity contribution in [2.24, 2.45) is 0 Å². The molecular formula is C30H35FN6S. The smallest absolute Gasteiger partial charge is 0.232 e. The SMILES string of the molecule is Fc1ccc(C2(CNC(=S)Nc3nc(N4CCCCC4)cc(N4Cc5ccccc5C4)n3)CCCC2)cc1. The highest BCUT2D eigenvalue weighted by Gasteiger charge is 2.35. The zero-order valence-corrected chi connectivity index (χ0v) is 22.6. The van der Waals surface area contributed by atoms with Crippen LogP contribution in [0.3, 0.4) is 0 Å². The van der Waals surface area contributed by atoms with Gasteiger partial charge in [-0.15, -0.1) is 0 Å². The fourth-order valence-corrected chi connectivity index (χ4v) is 6.40. The first kappa shape index (κ1) is 25.0. The average molecular weight is 531 g/mol. The third-order valence-electron chi connectivity index (χ3n) is 8.37. The lowest BCUT2D eigenvalue weighted by Crippen LogP contribution is -2.41. The Bertz CT molecular complexity index is 1260. The van der Waals surface area contributed by atoms with E-state index < -0.39 is 0 Å². The van der Waals surface area contributed by atoms with Gasteiger partial charge in [-0.05, 0) is 73.1 Å². The van der Waals surface area contributed by atoms with Gasteiger partial charge in [0.1, 0.15) is 17.5 Å². The van der Waals surface area contributed by atoms with Crippen molar-refractivity contribution in [3.63, 3.8) is 0 Å². The summed E-state index contributed by atoms with van der Waals surface area (Å²) in [5, 5.41) is 7.26. The molecule has 1 saturated carbocycles. The second-order valence-electron chi connectivity index (χ2n) is 10.9. The van der Waals surface area contributed by atoms with Gasteiger partial charge in [-0.2, -0.15) is 9.97 Å². The maximum Gasteiger partial charge on any atom is 0.232 e. The first-order chi connectivity index (χ1) is 18.6. The number of hydrogen-bond acceptors (Lipinski definition) is 5. The number of piperidine rings is 1. The van der Waals surface area contributed by atoms with Gasteiger partial charge in [0.15, 0.2) is 5.11 Å². The number of anilines is 3. The number of aromatic nitrogens is 2. The molecule has 2 fully saturated rings. The summed E-state index contributed by atoms with van der Waals surface area (Å²) in [6, 6.07) is 17.7. The van der Waals surface area contributed by atoms with Crippen LogP contribution in [0.25, 0.3) is 0 Å². The van der Waals surface area contributed by atoms with Crippen molar-refractivity contribution >= 4 is 34.9 Å². The topological polar surface area (TPSA) is 56.3 Å². The van der Waals surface area contributed by atoms with Crippen molar-refractivity contribution in [1.29, 1.82) is 0 Å². The van der Waals surface area contributed by atoms with Crippen molar-refractivity contribution in [3.05, 3.63) is 77.1 Å². The highest BCUT2D eigenvalue weighted by atomic mass is 32.1. The Labute approximate surface area is 229 Å². The van der Waals surface area contributed by atoms with E-state index >= 15 is 0 Å². The standard InChI is InChI=1S/C30H35FN6S/c31-25-12-10-24(11-13-25)30(14-4-5-15-30)21-32-29(38)35-28-33-26(36-16-6-1-7-17-36)18-27(34-28)37-19-22-8-2-3-9-23(22)20-37/h2-3,8-13,18H,1,4-7,14-17,19-21H2,(H2,32,33,34,35,38). The molecule has 0 radical (unpaired) electrons. The van der Waals surface area contributed by atoms with E-state index in [4.69, 9.17) is 22.2 Å². The molecule has 0 atom stereocenters. The summed E-state index contributed by atoms with van der Waals surface area (Å²) in [5.41, 5.74) is 3.83. The van der Waals surface area contributed by atoms with Gasteiger partial charge in [0, 0.05) is 44.2 Å². The molecule has 6 rings (SSSR count). The fourth-order valence-electron chi connectivity index (χ4n) is 6.24. The molecule has 38 heavy (non-hydrogen) atoms. The summed E-state index contributed by atoms with van der Waals surface area (Å²) >= 11 is 5.74. The van der Waals surface area contributed by atoms with E-state index in [9.17, 15) is 4.39 Å². The van der Waals surface area contributed by atoms with Crippen molar-refractivity contribution in [1.82, 2.24) is 15.3 Å². The van der Waals surface area contributed by atoms with Gasteiger partial charge in [0.05, 0.1) is 0 Å². The monoisotopic (exact) mass is 530 g/mol. The minimum absolute atomic E-state index is 0.0393. The summed E-state index contributed by atoms with van der Waals surface area (Å²) in [4.78, 5) is 14.5. The number of rotatable bonds is 6. The molecule has 1 aliphatic carbocycles. The second kappa shape index (κ2) is 10.8. The van der Waals surface area contributed by atoms with Gasteiger partial charge >= 0.3 is 0 Å². The largest absolute Gasteiger partial charge is 0.361 e. The van der Waals surface area contributed by atoms with Crippen molar-refractivity contribution in [2.45, 2.75) is 63.5 Å². The first-order valence-electron chi connectivity index (χ1n) is 13.8. The summed E-state index contributed by atoms with van der Waals surface area (Å²) in [6.45, 7) is 4.41. The van der Waals surface area contributed by atoms with E-state index in [-0.39, 0.29) is 11.2 Å². The minimum atomic E-state index is -0.199. The number of halogens is 1. The molecule has 1 aromatic heterocycles. The van der Waals surface area contributed by atoms with E-state index in [1.165, 1.54) is 48.8 Å². The minimum Gasteiger partial charge on any atom is -0.361 e. The maximum atomic E-state index is 13.6. The van der Waals surface area contributed by atoms with Gasteiger partial charge in [0.25, 0.3) is 0 Å². The van der Waals surface area contributed by atoms with Crippen molar-refractivity contribution in [3.8, 4) is 0 Å². The lowest BCUT2D eigenvalue weighted by molar-refractivity contribution is 0.434.